The van der Waals surface area contributed by atoms with Crippen molar-refractivity contribution in [3.8, 4) is 11.5 Å². The van der Waals surface area contributed by atoms with Crippen LogP contribution in [-0.2, 0) is 10.0 Å². The molecule has 0 aromatic heterocycles. The van der Waals surface area contributed by atoms with Gasteiger partial charge in [0.1, 0.15) is 0 Å². The summed E-state index contributed by atoms with van der Waals surface area (Å²) >= 11 is 0. The lowest BCUT2D eigenvalue weighted by Gasteiger charge is -2.12. The Bertz CT molecular complexity index is 1360. The van der Waals surface area contributed by atoms with Gasteiger partial charge in [0.15, 0.2) is 11.5 Å². The number of amides is 1. The van der Waals surface area contributed by atoms with E-state index in [1.54, 1.807) is 19.1 Å². The second kappa shape index (κ2) is 9.40. The van der Waals surface area contributed by atoms with Gasteiger partial charge in [-0.3, -0.25) is 19.6 Å². The zero-order valence-corrected chi connectivity index (χ0v) is 18.9. The summed E-state index contributed by atoms with van der Waals surface area (Å²) in [6.45, 7) is 2.48. The highest BCUT2D eigenvalue weighted by Crippen LogP contribution is 2.32. The molecule has 1 aliphatic heterocycles. The summed E-state index contributed by atoms with van der Waals surface area (Å²) in [5.41, 5.74) is 1.07. The molecule has 0 bridgehead atoms. The lowest BCUT2D eigenvalue weighted by molar-refractivity contribution is -0.385. The second-order valence-corrected chi connectivity index (χ2v) is 9.19. The smallest absolute Gasteiger partial charge is 0.274 e. The number of rotatable bonds is 6. The second-order valence-electron chi connectivity index (χ2n) is 7.50. The summed E-state index contributed by atoms with van der Waals surface area (Å²) in [6.07, 6.45) is 0.704. The molecule has 0 saturated heterocycles. The van der Waals surface area contributed by atoms with E-state index in [0.29, 0.717) is 42.4 Å². The standard InChI is InChI=1S/C23H21N3O7S/c1-15-19(4-2-5-20(15)26(28)29)24-23(27)16-6-8-17(9-7-16)25-34(30,31)18-10-11-21-22(14-18)33-13-3-12-32-21/h2,4-11,14,25H,3,12-13H2,1H3,(H,24,27). The average molecular weight is 484 g/mol. The van der Waals surface area contributed by atoms with Crippen molar-refractivity contribution >= 4 is 33.0 Å². The van der Waals surface area contributed by atoms with E-state index in [1.165, 1.54) is 48.5 Å². The summed E-state index contributed by atoms with van der Waals surface area (Å²) in [5, 5.41) is 13.7. The van der Waals surface area contributed by atoms with Crippen LogP contribution in [0.4, 0.5) is 17.1 Å². The molecule has 11 heteroatoms. The molecule has 176 valence electrons. The Hall–Kier alpha value is -4.12. The first kappa shape index (κ1) is 23.1. The normalized spacial score (nSPS) is 13.0. The van der Waals surface area contributed by atoms with Gasteiger partial charge in [-0.25, -0.2) is 8.42 Å². The van der Waals surface area contributed by atoms with Gasteiger partial charge in [-0.15, -0.1) is 0 Å². The van der Waals surface area contributed by atoms with E-state index in [-0.39, 0.29) is 21.8 Å². The highest BCUT2D eigenvalue weighted by molar-refractivity contribution is 7.92. The molecule has 0 saturated carbocycles. The molecule has 1 aliphatic rings. The van der Waals surface area contributed by atoms with Gasteiger partial charge >= 0.3 is 0 Å². The van der Waals surface area contributed by atoms with E-state index in [1.807, 2.05) is 0 Å². The van der Waals surface area contributed by atoms with Crippen LogP contribution in [0.1, 0.15) is 22.3 Å². The molecule has 1 heterocycles. The molecule has 0 spiro atoms. The van der Waals surface area contributed by atoms with Crippen LogP contribution < -0.4 is 19.5 Å². The van der Waals surface area contributed by atoms with Crippen LogP contribution in [0.2, 0.25) is 0 Å². The number of carbonyl (C=O) groups excluding carboxylic acids is 1. The molecule has 0 aliphatic carbocycles. The van der Waals surface area contributed by atoms with E-state index in [0.717, 1.165) is 0 Å². The fraction of sp³-hybridized carbons (Fsp3) is 0.174. The van der Waals surface area contributed by atoms with Crippen molar-refractivity contribution in [2.45, 2.75) is 18.2 Å². The Morgan fingerprint density at radius 1 is 1.00 bits per heavy atom. The zero-order chi connectivity index (χ0) is 24.3. The third-order valence-electron chi connectivity index (χ3n) is 5.18. The minimum absolute atomic E-state index is 0.0136. The Morgan fingerprint density at radius 2 is 1.71 bits per heavy atom. The number of hydrogen-bond donors (Lipinski definition) is 2. The first-order valence-corrected chi connectivity index (χ1v) is 11.8. The quantitative estimate of drug-likeness (QED) is 0.397. The first-order chi connectivity index (χ1) is 16.2. The molecular weight excluding hydrogens is 462 g/mol. The van der Waals surface area contributed by atoms with Crippen LogP contribution in [0.3, 0.4) is 0 Å². The van der Waals surface area contributed by atoms with Crippen molar-refractivity contribution in [2.75, 3.05) is 23.3 Å². The largest absolute Gasteiger partial charge is 0.490 e. The fourth-order valence-electron chi connectivity index (χ4n) is 3.37. The average Bonchev–Trinajstić information content (AvgIpc) is 3.05. The summed E-state index contributed by atoms with van der Waals surface area (Å²) < 4.78 is 39.2. The molecule has 0 atom stereocenters. The number of hydrogen-bond acceptors (Lipinski definition) is 7. The number of nitro benzene ring substituents is 1. The van der Waals surface area contributed by atoms with Crippen LogP contribution in [-0.4, -0.2) is 32.5 Å². The Kier molecular flexibility index (Phi) is 6.37. The van der Waals surface area contributed by atoms with Gasteiger partial charge in [0, 0.05) is 29.8 Å². The van der Waals surface area contributed by atoms with Crippen molar-refractivity contribution in [1.29, 1.82) is 0 Å². The summed E-state index contributed by atoms with van der Waals surface area (Å²) in [4.78, 5) is 23.2. The number of carbonyl (C=O) groups is 1. The monoisotopic (exact) mass is 483 g/mol. The number of nitro groups is 1. The molecule has 34 heavy (non-hydrogen) atoms. The highest BCUT2D eigenvalue weighted by Gasteiger charge is 2.20. The lowest BCUT2D eigenvalue weighted by Crippen LogP contribution is -2.15. The molecule has 0 unspecified atom stereocenters. The molecule has 0 fully saturated rings. The predicted octanol–water partition coefficient (Wildman–Crippen LogP) is 4.12. The fourth-order valence-corrected chi connectivity index (χ4v) is 4.44. The summed E-state index contributed by atoms with van der Waals surface area (Å²) in [5.74, 6) is 0.371. The molecule has 10 nitrogen and oxygen atoms in total. The molecule has 2 N–H and O–H groups in total. The molecule has 3 aromatic rings. The van der Waals surface area contributed by atoms with Gasteiger partial charge in [0.05, 0.1) is 34.3 Å². The van der Waals surface area contributed by atoms with Crippen molar-refractivity contribution in [3.63, 3.8) is 0 Å². The Morgan fingerprint density at radius 3 is 2.41 bits per heavy atom. The van der Waals surface area contributed by atoms with Crippen molar-refractivity contribution in [2.24, 2.45) is 0 Å². The number of fused-ring (bicyclic) bond motifs is 1. The number of anilines is 2. The Labute approximate surface area is 195 Å². The van der Waals surface area contributed by atoms with Crippen LogP contribution in [0, 0.1) is 17.0 Å². The van der Waals surface area contributed by atoms with Gasteiger partial charge < -0.3 is 14.8 Å². The SMILES string of the molecule is Cc1c(NC(=O)c2ccc(NS(=O)(=O)c3ccc4c(c3)OCCCO4)cc2)cccc1[N+](=O)[O-]. The van der Waals surface area contributed by atoms with E-state index in [9.17, 15) is 23.3 Å². The third-order valence-corrected chi connectivity index (χ3v) is 6.56. The van der Waals surface area contributed by atoms with Crippen LogP contribution >= 0.6 is 0 Å². The van der Waals surface area contributed by atoms with Crippen molar-refractivity contribution in [1.82, 2.24) is 0 Å². The maximum atomic E-state index is 12.8. The number of benzene rings is 3. The maximum absolute atomic E-state index is 12.8. The number of nitrogens with one attached hydrogen (secondary N) is 2. The topological polar surface area (TPSA) is 137 Å². The lowest BCUT2D eigenvalue weighted by atomic mass is 10.1. The van der Waals surface area contributed by atoms with Crippen molar-refractivity contribution < 1.29 is 27.6 Å². The van der Waals surface area contributed by atoms with E-state index >= 15 is 0 Å². The molecule has 4 rings (SSSR count). The van der Waals surface area contributed by atoms with Crippen LogP contribution in [0.15, 0.2) is 65.6 Å². The minimum Gasteiger partial charge on any atom is -0.490 e. The summed E-state index contributed by atoms with van der Waals surface area (Å²) in [7, 11) is -3.91. The third kappa shape index (κ3) is 4.94. The van der Waals surface area contributed by atoms with E-state index in [4.69, 9.17) is 9.47 Å². The zero-order valence-electron chi connectivity index (χ0n) is 18.1. The van der Waals surface area contributed by atoms with E-state index < -0.39 is 20.9 Å². The Balaban J connectivity index is 1.48. The highest BCUT2D eigenvalue weighted by atomic mass is 32.2. The number of ether oxygens (including phenoxy) is 2. The number of sulfonamides is 1. The van der Waals surface area contributed by atoms with Crippen molar-refractivity contribution in [3.05, 3.63) is 81.9 Å². The molecule has 1 amide bonds. The number of nitrogens with zero attached hydrogens (tertiary/aromatic N) is 1. The first-order valence-electron chi connectivity index (χ1n) is 10.3. The van der Waals surface area contributed by atoms with Gasteiger partial charge in [-0.05, 0) is 49.4 Å². The van der Waals surface area contributed by atoms with Crippen LogP contribution in [0.5, 0.6) is 11.5 Å². The molecular formula is C23H21N3O7S. The van der Waals surface area contributed by atoms with Gasteiger partial charge in [-0.1, -0.05) is 6.07 Å². The van der Waals surface area contributed by atoms with Gasteiger partial charge in [0.2, 0.25) is 0 Å². The maximum Gasteiger partial charge on any atom is 0.274 e. The molecule has 0 radical (unpaired) electrons. The van der Waals surface area contributed by atoms with Crippen LogP contribution in [0.25, 0.3) is 0 Å². The van der Waals surface area contributed by atoms with Gasteiger partial charge in [0.25, 0.3) is 21.6 Å². The molecule has 3 aromatic carbocycles. The van der Waals surface area contributed by atoms with E-state index in [2.05, 4.69) is 10.0 Å². The van der Waals surface area contributed by atoms with Gasteiger partial charge in [-0.2, -0.15) is 0 Å². The summed E-state index contributed by atoms with van der Waals surface area (Å²) in [6, 6.07) is 14.6. The minimum atomic E-state index is -3.91. The predicted molar refractivity (Wildman–Crippen MR) is 125 cm³/mol.